The zero-order chi connectivity index (χ0) is 47.9. The summed E-state index contributed by atoms with van der Waals surface area (Å²) in [7, 11) is 4.79. The third-order valence-corrected chi connectivity index (χ3v) is 17.9. The van der Waals surface area contributed by atoms with Crippen LogP contribution in [0.2, 0.25) is 0 Å². The van der Waals surface area contributed by atoms with E-state index in [0.717, 1.165) is 5.57 Å². The number of fused-ring (bicyclic) bond motifs is 5. The summed E-state index contributed by atoms with van der Waals surface area (Å²) >= 11 is 0. The quantitative estimate of drug-likeness (QED) is 0.154. The molecule has 0 radical (unpaired) electrons. The van der Waals surface area contributed by atoms with Crippen LogP contribution in [0, 0.1) is 16.7 Å². The zero-order valence-electron chi connectivity index (χ0n) is 40.4. The molecule has 8 rings (SSSR count). The minimum absolute atomic E-state index is 0.00284. The number of methoxy groups -OCH3 is 3. The largest absolute Gasteiger partial charge is 0.392 e. The molecule has 24 atom stereocenters. The van der Waals surface area contributed by atoms with Gasteiger partial charge in [-0.2, -0.15) is 0 Å². The molecule has 18 nitrogen and oxygen atoms in total. The van der Waals surface area contributed by atoms with E-state index >= 15 is 0 Å². The van der Waals surface area contributed by atoms with Gasteiger partial charge >= 0.3 is 0 Å². The Balaban J connectivity index is 0.834. The summed E-state index contributed by atoms with van der Waals surface area (Å²) in [6.07, 6.45) is -5.43. The molecule has 0 aromatic carbocycles. The van der Waals surface area contributed by atoms with Gasteiger partial charge in [-0.05, 0) is 85.0 Å². The van der Waals surface area contributed by atoms with Crippen molar-refractivity contribution in [2.75, 3.05) is 21.3 Å². The third-order valence-electron chi connectivity index (χ3n) is 17.9. The lowest BCUT2D eigenvalue weighted by atomic mass is 9.42. The number of rotatable bonds is 12. The highest BCUT2D eigenvalue weighted by molar-refractivity contribution is 5.87. The molecule has 8 aliphatic rings. The highest BCUT2D eigenvalue weighted by Gasteiger charge is 2.80. The van der Waals surface area contributed by atoms with Crippen LogP contribution in [0.5, 0.6) is 0 Å². The van der Waals surface area contributed by atoms with Crippen molar-refractivity contribution in [3.63, 3.8) is 0 Å². The number of hydrogen-bond donors (Lipinski definition) is 6. The lowest BCUT2D eigenvalue weighted by Gasteiger charge is -2.66. The molecule has 66 heavy (non-hydrogen) atoms. The summed E-state index contributed by atoms with van der Waals surface area (Å²) in [6.45, 7) is 12.3. The van der Waals surface area contributed by atoms with Crippen LogP contribution in [0.3, 0.4) is 0 Å². The Morgan fingerprint density at radius 3 is 1.68 bits per heavy atom. The van der Waals surface area contributed by atoms with Crippen molar-refractivity contribution in [1.82, 2.24) is 0 Å². The van der Waals surface area contributed by atoms with Gasteiger partial charge in [-0.3, -0.25) is 4.79 Å². The molecular weight excluding hydrogens is 865 g/mol. The fourth-order valence-electron chi connectivity index (χ4n) is 13.7. The molecule has 4 heterocycles. The van der Waals surface area contributed by atoms with Crippen molar-refractivity contribution < 1.29 is 87.5 Å². The number of ketones is 1. The Bertz CT molecular complexity index is 1740. The molecule has 0 unspecified atom stereocenters. The summed E-state index contributed by atoms with van der Waals surface area (Å²) in [5.41, 5.74) is -6.62. The number of Topliss-reactive ketones (excluding diaryl/α,β-unsaturated/α-hetero) is 1. The summed E-state index contributed by atoms with van der Waals surface area (Å²) in [5, 5.41) is 70.0. The van der Waals surface area contributed by atoms with Gasteiger partial charge in [0.05, 0.1) is 66.5 Å². The molecule has 0 aromatic rings. The Labute approximate surface area is 388 Å². The molecule has 0 spiro atoms. The van der Waals surface area contributed by atoms with E-state index in [4.69, 9.17) is 52.1 Å². The number of carbonyl (C=O) groups excluding carboxylic acids is 1. The Morgan fingerprint density at radius 1 is 0.652 bits per heavy atom. The second-order valence-electron chi connectivity index (χ2n) is 21.3. The number of aliphatic hydroxyl groups is 6. The molecule has 4 saturated heterocycles. The van der Waals surface area contributed by atoms with Crippen LogP contribution in [-0.4, -0.2) is 185 Å². The maximum Gasteiger partial charge on any atom is 0.162 e. The first-order valence-electron chi connectivity index (χ1n) is 24.3. The van der Waals surface area contributed by atoms with Crippen molar-refractivity contribution in [3.8, 4) is 0 Å². The predicted octanol–water partition coefficient (Wildman–Crippen LogP) is 2.32. The van der Waals surface area contributed by atoms with Gasteiger partial charge in [-0.1, -0.05) is 25.5 Å². The zero-order valence-corrected chi connectivity index (χ0v) is 40.4. The van der Waals surface area contributed by atoms with Crippen molar-refractivity contribution in [3.05, 3.63) is 11.6 Å². The van der Waals surface area contributed by atoms with E-state index in [1.54, 1.807) is 35.2 Å². The summed E-state index contributed by atoms with van der Waals surface area (Å²) in [4.78, 5) is 12.8. The topological polar surface area (TPSA) is 240 Å². The number of hydrogen-bond acceptors (Lipinski definition) is 18. The van der Waals surface area contributed by atoms with Crippen LogP contribution < -0.4 is 0 Å². The van der Waals surface area contributed by atoms with Crippen LogP contribution in [0.1, 0.15) is 119 Å². The van der Waals surface area contributed by atoms with Gasteiger partial charge < -0.3 is 82.7 Å². The molecule has 0 bridgehead atoms. The maximum absolute atomic E-state index is 12.8. The fraction of sp³-hybridized carbons (Fsp3) is 0.938. The first kappa shape index (κ1) is 51.1. The molecule has 0 amide bonds. The van der Waals surface area contributed by atoms with Gasteiger partial charge in [0.25, 0.3) is 0 Å². The molecule has 378 valence electrons. The first-order valence-corrected chi connectivity index (χ1v) is 24.3. The second kappa shape index (κ2) is 19.1. The van der Waals surface area contributed by atoms with Crippen LogP contribution in [0.4, 0.5) is 0 Å². The lowest BCUT2D eigenvalue weighted by molar-refractivity contribution is -0.346. The van der Waals surface area contributed by atoms with E-state index in [1.165, 1.54) is 6.92 Å². The van der Waals surface area contributed by atoms with Gasteiger partial charge in [0.15, 0.2) is 30.9 Å². The van der Waals surface area contributed by atoms with Crippen LogP contribution in [0.25, 0.3) is 0 Å². The molecule has 3 saturated carbocycles. The van der Waals surface area contributed by atoms with Crippen molar-refractivity contribution in [2.24, 2.45) is 16.7 Å². The van der Waals surface area contributed by atoms with Crippen molar-refractivity contribution in [1.29, 1.82) is 0 Å². The van der Waals surface area contributed by atoms with E-state index < -0.39 is 138 Å². The van der Waals surface area contributed by atoms with Crippen molar-refractivity contribution >= 4 is 5.78 Å². The summed E-state index contributed by atoms with van der Waals surface area (Å²) < 4.78 is 68.1. The van der Waals surface area contributed by atoms with E-state index in [1.807, 2.05) is 26.8 Å². The Hall–Kier alpha value is -1.27. The highest BCUT2D eigenvalue weighted by atomic mass is 16.8. The van der Waals surface area contributed by atoms with E-state index in [2.05, 4.69) is 6.92 Å². The van der Waals surface area contributed by atoms with Crippen LogP contribution in [-0.2, 0) is 56.9 Å². The van der Waals surface area contributed by atoms with Crippen LogP contribution >= 0.6 is 0 Å². The number of aliphatic hydroxyl groups excluding tert-OH is 3. The lowest BCUT2D eigenvalue weighted by Crippen LogP contribution is -2.78. The van der Waals surface area contributed by atoms with Gasteiger partial charge in [-0.15, -0.1) is 0 Å². The average Bonchev–Trinajstić information content (AvgIpc) is 3.50. The third kappa shape index (κ3) is 8.40. The smallest absolute Gasteiger partial charge is 0.162 e. The molecule has 6 N–H and O–H groups in total. The minimum atomic E-state index is -1.95. The fourth-order valence-corrected chi connectivity index (χ4v) is 13.7. The predicted molar refractivity (Wildman–Crippen MR) is 231 cm³/mol. The maximum atomic E-state index is 12.8. The molecule has 4 aliphatic carbocycles. The normalized spacial score (nSPS) is 54.2. The van der Waals surface area contributed by atoms with Gasteiger partial charge in [-0.25, -0.2) is 0 Å². The highest BCUT2D eigenvalue weighted by Crippen LogP contribution is 2.70. The molecular formula is C48H78O18. The average molecular weight is 943 g/mol. The second-order valence-corrected chi connectivity index (χ2v) is 21.3. The SMILES string of the molecule is CO[C@H]1C[C@H](O[C@H]2[C@@H](O)C[C@H](O[C@H]3CC[C@@]4(C)C(=CC[C@]5(O)[C@@H]4C[C@@H](O)[C@@]4(C)[C@]5(O)CC[C@@]4(O)C(C)=O)C3)O[C@@H]2C)O[C@@H](C)[C@H]1O[C@H]1C[C@H](OC)[C@H](O[C@H]2C[C@@H](OC)[C@@H](O)[C@H](C)O2)[C@@H](C)O1. The summed E-state index contributed by atoms with van der Waals surface area (Å²) in [6, 6.07) is 0. The number of carbonyl (C=O) groups is 1. The first-order chi connectivity index (χ1) is 31.1. The Kier molecular flexibility index (Phi) is 14.7. The van der Waals surface area contributed by atoms with Gasteiger partial charge in [0.2, 0.25) is 0 Å². The molecule has 18 heteroatoms. The van der Waals surface area contributed by atoms with Crippen LogP contribution in [0.15, 0.2) is 11.6 Å². The standard InChI is InChI=1S/C48H78O18/c1-23-40(52)31(56-8)19-37(59-23)65-42-26(4)62-39(21-33(42)58-10)66-43-25(3)61-38(20-32(43)57-9)64-41-24(2)60-36(18-30(41)50)63-29-12-13-44(6)28(17-29)11-14-47(54)34(44)22-35(51)45(7)46(53,27(5)49)15-16-48(45,47)55/h11,23-26,29-43,50-55H,12-22H2,1-10H3/t23-,24+,25-,26+,29-,30-,31+,32-,33-,34+,35+,36-,37-,38-,39-,40-,41+,42+,43+,44-,45+,46+,47-,48+/m0/s1. The Morgan fingerprint density at radius 2 is 1.15 bits per heavy atom. The molecule has 7 fully saturated rings. The van der Waals surface area contributed by atoms with E-state index in [0.29, 0.717) is 38.5 Å². The van der Waals surface area contributed by atoms with Gasteiger partial charge in [0.1, 0.15) is 41.2 Å². The van der Waals surface area contributed by atoms with Gasteiger partial charge in [0, 0.05) is 52.9 Å². The van der Waals surface area contributed by atoms with Crippen molar-refractivity contribution in [2.45, 2.75) is 247 Å². The van der Waals surface area contributed by atoms with E-state index in [9.17, 15) is 35.4 Å². The number of ether oxygens (including phenoxy) is 11. The molecule has 0 aromatic heterocycles. The monoisotopic (exact) mass is 943 g/mol. The van der Waals surface area contributed by atoms with E-state index in [-0.39, 0.29) is 44.3 Å². The molecule has 4 aliphatic heterocycles. The summed E-state index contributed by atoms with van der Waals surface area (Å²) in [5.74, 6) is -1.04. The minimum Gasteiger partial charge on any atom is -0.392 e.